The molecule has 1 aromatic rings. The number of para-hydroxylation sites is 1. The van der Waals surface area contributed by atoms with E-state index in [2.05, 4.69) is 5.32 Å². The smallest absolute Gasteiger partial charge is 0.321 e. The Morgan fingerprint density at radius 2 is 1.95 bits per heavy atom. The molecule has 0 bridgehead atoms. The van der Waals surface area contributed by atoms with Gasteiger partial charge >= 0.3 is 5.97 Å². The van der Waals surface area contributed by atoms with Crippen molar-refractivity contribution >= 4 is 29.3 Å². The maximum atomic E-state index is 13.2. The predicted octanol–water partition coefficient (Wildman–Crippen LogP) is 1.05. The van der Waals surface area contributed by atoms with Crippen LogP contribution in [0.2, 0.25) is 0 Å². The summed E-state index contributed by atoms with van der Waals surface area (Å²) in [6, 6.07) is 2.14. The average molecular weight is 290 g/mol. The van der Waals surface area contributed by atoms with E-state index in [9.17, 15) is 18.4 Å². The van der Waals surface area contributed by atoms with E-state index in [4.69, 9.17) is 10.8 Å². The summed E-state index contributed by atoms with van der Waals surface area (Å²) in [6.45, 7) is 0. The minimum Gasteiger partial charge on any atom is -0.480 e. The molecule has 0 radical (unpaired) electrons. The van der Waals surface area contributed by atoms with Crippen LogP contribution in [0.1, 0.15) is 0 Å². The molecule has 4 N–H and O–H groups in total. The van der Waals surface area contributed by atoms with Crippen LogP contribution >= 0.6 is 11.8 Å². The number of carbonyl (C=O) groups is 2. The maximum absolute atomic E-state index is 13.2. The van der Waals surface area contributed by atoms with Gasteiger partial charge in [-0.25, -0.2) is 8.78 Å². The normalized spacial score (nSPS) is 11.9. The summed E-state index contributed by atoms with van der Waals surface area (Å²) in [5, 5.41) is 10.6. The number of aliphatic carboxylic acids is 1. The second-order valence-corrected chi connectivity index (χ2v) is 4.63. The molecule has 0 heterocycles. The molecule has 0 saturated heterocycles. The highest BCUT2D eigenvalue weighted by Gasteiger charge is 2.14. The average Bonchev–Trinajstić information content (AvgIpc) is 2.33. The molecule has 1 atom stereocenters. The maximum Gasteiger partial charge on any atom is 0.321 e. The third kappa shape index (κ3) is 4.84. The molecule has 0 aliphatic heterocycles. The fraction of sp³-hybridized carbons (Fsp3) is 0.273. The lowest BCUT2D eigenvalue weighted by atomic mass is 10.3. The van der Waals surface area contributed by atoms with Crippen LogP contribution in [-0.4, -0.2) is 34.5 Å². The molecule has 1 rings (SSSR count). The highest BCUT2D eigenvalue weighted by molar-refractivity contribution is 8.00. The molecule has 0 fully saturated rings. The van der Waals surface area contributed by atoms with Crippen molar-refractivity contribution in [3.8, 4) is 0 Å². The first-order chi connectivity index (χ1) is 8.91. The molecule has 19 heavy (non-hydrogen) atoms. The lowest BCUT2D eigenvalue weighted by Crippen LogP contribution is -2.33. The lowest BCUT2D eigenvalue weighted by Gasteiger charge is -2.08. The van der Waals surface area contributed by atoms with E-state index >= 15 is 0 Å². The van der Waals surface area contributed by atoms with Crippen LogP contribution in [0.5, 0.6) is 0 Å². The minimum absolute atomic E-state index is 0.0303. The number of carbonyl (C=O) groups excluding carboxylic acids is 1. The highest BCUT2D eigenvalue weighted by Crippen LogP contribution is 2.18. The van der Waals surface area contributed by atoms with E-state index in [0.717, 1.165) is 23.9 Å². The zero-order chi connectivity index (χ0) is 14.4. The first kappa shape index (κ1) is 15.4. The zero-order valence-corrected chi connectivity index (χ0v) is 10.5. The summed E-state index contributed by atoms with van der Waals surface area (Å²) < 4.78 is 26.4. The summed E-state index contributed by atoms with van der Waals surface area (Å²) >= 11 is 0.966. The van der Waals surface area contributed by atoms with Gasteiger partial charge in [0.25, 0.3) is 0 Å². The van der Waals surface area contributed by atoms with Gasteiger partial charge in [0.2, 0.25) is 5.91 Å². The molecule has 5 nitrogen and oxygen atoms in total. The number of nitrogens with two attached hydrogens (primary N) is 1. The van der Waals surface area contributed by atoms with Crippen LogP contribution in [0.15, 0.2) is 18.2 Å². The molecule has 104 valence electrons. The number of carboxylic acids is 1. The Kier molecular flexibility index (Phi) is 5.71. The van der Waals surface area contributed by atoms with Gasteiger partial charge in [-0.05, 0) is 12.1 Å². The number of hydrogen-bond acceptors (Lipinski definition) is 4. The van der Waals surface area contributed by atoms with Crippen LogP contribution < -0.4 is 11.1 Å². The lowest BCUT2D eigenvalue weighted by molar-refractivity contribution is -0.137. The van der Waals surface area contributed by atoms with Crippen molar-refractivity contribution in [2.24, 2.45) is 5.73 Å². The number of benzene rings is 1. The van der Waals surface area contributed by atoms with Crippen LogP contribution in [0.3, 0.4) is 0 Å². The summed E-state index contributed by atoms with van der Waals surface area (Å²) in [5.74, 6) is -3.67. The van der Waals surface area contributed by atoms with E-state index in [-0.39, 0.29) is 11.5 Å². The minimum atomic E-state index is -1.17. The number of carboxylic acid groups (broad SMARTS) is 1. The topological polar surface area (TPSA) is 92.4 Å². The first-order valence-electron chi connectivity index (χ1n) is 5.21. The van der Waals surface area contributed by atoms with Crippen LogP contribution in [0.4, 0.5) is 14.5 Å². The van der Waals surface area contributed by atoms with Gasteiger partial charge < -0.3 is 16.2 Å². The van der Waals surface area contributed by atoms with Crippen molar-refractivity contribution in [1.82, 2.24) is 0 Å². The SMILES string of the molecule is N[C@H](CSCC(=O)Nc1c(F)cccc1F)C(=O)O. The largest absolute Gasteiger partial charge is 0.480 e. The van der Waals surface area contributed by atoms with Gasteiger partial charge in [0, 0.05) is 5.75 Å². The number of rotatable bonds is 6. The fourth-order valence-corrected chi connectivity index (χ4v) is 1.91. The van der Waals surface area contributed by atoms with E-state index < -0.39 is 35.2 Å². The molecule has 1 aromatic carbocycles. The summed E-state index contributed by atoms with van der Waals surface area (Å²) in [4.78, 5) is 21.8. The van der Waals surface area contributed by atoms with Crippen molar-refractivity contribution in [2.75, 3.05) is 16.8 Å². The number of nitrogens with one attached hydrogen (secondary N) is 1. The molecular formula is C11H12F2N2O3S. The molecule has 1 amide bonds. The molecule has 0 saturated carbocycles. The number of halogens is 2. The summed E-state index contributed by atoms with van der Waals surface area (Å²) in [7, 11) is 0. The summed E-state index contributed by atoms with van der Waals surface area (Å²) in [5.41, 5.74) is 4.71. The number of anilines is 1. The van der Waals surface area contributed by atoms with E-state index in [1.165, 1.54) is 6.07 Å². The van der Waals surface area contributed by atoms with Crippen molar-refractivity contribution in [2.45, 2.75) is 6.04 Å². The van der Waals surface area contributed by atoms with Gasteiger partial charge in [0.1, 0.15) is 23.4 Å². The van der Waals surface area contributed by atoms with Crippen molar-refractivity contribution in [3.05, 3.63) is 29.8 Å². The monoisotopic (exact) mass is 290 g/mol. The molecule has 0 aromatic heterocycles. The molecule has 0 aliphatic carbocycles. The molecular weight excluding hydrogens is 278 g/mol. The Labute approximate surface area is 112 Å². The van der Waals surface area contributed by atoms with E-state index in [1.54, 1.807) is 0 Å². The van der Waals surface area contributed by atoms with Gasteiger partial charge in [0.15, 0.2) is 0 Å². The van der Waals surface area contributed by atoms with Crippen molar-refractivity contribution in [3.63, 3.8) is 0 Å². The van der Waals surface area contributed by atoms with Crippen LogP contribution in [-0.2, 0) is 9.59 Å². The Morgan fingerprint density at radius 1 is 1.37 bits per heavy atom. The number of thioether (sulfide) groups is 1. The quantitative estimate of drug-likeness (QED) is 0.728. The van der Waals surface area contributed by atoms with Gasteiger partial charge in [-0.1, -0.05) is 6.07 Å². The number of hydrogen-bond donors (Lipinski definition) is 3. The standard InChI is InChI=1S/C11H12F2N2O3S/c12-6-2-1-3-7(13)10(6)15-9(16)5-19-4-8(14)11(17)18/h1-3,8H,4-5,14H2,(H,15,16)(H,17,18)/t8-/m1/s1. The van der Waals surface area contributed by atoms with E-state index in [0.29, 0.717) is 0 Å². The van der Waals surface area contributed by atoms with Gasteiger partial charge in [-0.15, -0.1) is 11.8 Å². The molecule has 0 spiro atoms. The van der Waals surface area contributed by atoms with Crippen molar-refractivity contribution < 1.29 is 23.5 Å². The second-order valence-electron chi connectivity index (χ2n) is 3.60. The molecule has 8 heteroatoms. The highest BCUT2D eigenvalue weighted by atomic mass is 32.2. The third-order valence-corrected chi connectivity index (χ3v) is 3.14. The Morgan fingerprint density at radius 3 is 2.47 bits per heavy atom. The van der Waals surface area contributed by atoms with Crippen molar-refractivity contribution in [1.29, 1.82) is 0 Å². The number of amides is 1. The van der Waals surface area contributed by atoms with Gasteiger partial charge in [-0.2, -0.15) is 0 Å². The molecule has 0 aliphatic rings. The van der Waals surface area contributed by atoms with Crippen LogP contribution in [0, 0.1) is 11.6 Å². The van der Waals surface area contributed by atoms with Gasteiger partial charge in [-0.3, -0.25) is 9.59 Å². The predicted molar refractivity (Wildman–Crippen MR) is 67.9 cm³/mol. The Balaban J connectivity index is 2.46. The zero-order valence-electron chi connectivity index (χ0n) is 9.73. The summed E-state index contributed by atoms with van der Waals surface area (Å²) in [6.07, 6.45) is 0. The molecule has 0 unspecified atom stereocenters. The fourth-order valence-electron chi connectivity index (χ4n) is 1.14. The van der Waals surface area contributed by atoms with Gasteiger partial charge in [0.05, 0.1) is 5.75 Å². The third-order valence-electron chi connectivity index (χ3n) is 2.07. The Hall–Kier alpha value is -1.67. The Bertz CT molecular complexity index is 465. The van der Waals surface area contributed by atoms with Crippen LogP contribution in [0.25, 0.3) is 0 Å². The van der Waals surface area contributed by atoms with E-state index in [1.807, 2.05) is 0 Å². The second kappa shape index (κ2) is 7.05. The first-order valence-corrected chi connectivity index (χ1v) is 6.37.